The average molecular weight is 459 g/mol. The Kier molecular flexibility index (Phi) is 7.25. The summed E-state index contributed by atoms with van der Waals surface area (Å²) in [5.74, 6) is -1.35. The monoisotopic (exact) mass is 459 g/mol. The van der Waals surface area contributed by atoms with Crippen molar-refractivity contribution in [2.24, 2.45) is 0 Å². The van der Waals surface area contributed by atoms with Crippen LogP contribution >= 0.6 is 0 Å². The van der Waals surface area contributed by atoms with Crippen molar-refractivity contribution in [2.75, 3.05) is 4.31 Å². The third-order valence-corrected chi connectivity index (χ3v) is 6.82. The lowest BCUT2D eigenvalue weighted by atomic mass is 10.1. The van der Waals surface area contributed by atoms with Gasteiger partial charge in [0.2, 0.25) is 10.0 Å². The van der Waals surface area contributed by atoms with E-state index in [1.54, 1.807) is 13.8 Å². The summed E-state index contributed by atoms with van der Waals surface area (Å²) in [6.07, 6.45) is -4.64. The Hall–Kier alpha value is -2.75. The molecule has 2 rings (SSSR count). The van der Waals surface area contributed by atoms with Crippen LogP contribution in [-0.4, -0.2) is 30.8 Å². The third-order valence-electron chi connectivity index (χ3n) is 4.46. The fourth-order valence-corrected chi connectivity index (χ4v) is 4.30. The standard InChI is InChI=1S/C21H24F3NO5S/c1-13(2)25(31(28,29)14(3)4)18-10-9-17(21(22,23)24)11-19(18)30-12-15-5-7-16(8-6-15)20(26)27/h5-11,13-14H,12H2,1-4H3,(H,26,27). The molecule has 0 radical (unpaired) electrons. The molecule has 170 valence electrons. The molecule has 0 heterocycles. The second kappa shape index (κ2) is 9.17. The summed E-state index contributed by atoms with van der Waals surface area (Å²) in [5.41, 5.74) is -0.411. The van der Waals surface area contributed by atoms with E-state index in [1.165, 1.54) is 38.1 Å². The number of anilines is 1. The van der Waals surface area contributed by atoms with E-state index in [9.17, 15) is 26.4 Å². The molecule has 0 spiro atoms. The number of carbonyl (C=O) groups is 1. The van der Waals surface area contributed by atoms with Crippen LogP contribution < -0.4 is 9.04 Å². The van der Waals surface area contributed by atoms with Crippen LogP contribution in [0.25, 0.3) is 0 Å². The maximum Gasteiger partial charge on any atom is 0.416 e. The number of hydrogen-bond acceptors (Lipinski definition) is 4. The van der Waals surface area contributed by atoms with E-state index < -0.39 is 39.0 Å². The van der Waals surface area contributed by atoms with Crippen molar-refractivity contribution >= 4 is 21.7 Å². The lowest BCUT2D eigenvalue weighted by molar-refractivity contribution is -0.137. The summed E-state index contributed by atoms with van der Waals surface area (Å²) in [6.45, 7) is 6.03. The highest BCUT2D eigenvalue weighted by atomic mass is 32.2. The van der Waals surface area contributed by atoms with Gasteiger partial charge in [0.05, 0.1) is 22.1 Å². The van der Waals surface area contributed by atoms with E-state index in [1.807, 2.05) is 0 Å². The number of sulfonamides is 1. The van der Waals surface area contributed by atoms with Crippen molar-refractivity contribution in [1.29, 1.82) is 0 Å². The zero-order chi connectivity index (χ0) is 23.6. The summed E-state index contributed by atoms with van der Waals surface area (Å²) < 4.78 is 72.2. The Labute approximate surface area is 179 Å². The van der Waals surface area contributed by atoms with Gasteiger partial charge in [0.25, 0.3) is 0 Å². The number of aromatic carboxylic acids is 1. The Morgan fingerprint density at radius 2 is 1.65 bits per heavy atom. The molecule has 0 atom stereocenters. The molecule has 0 aliphatic carbocycles. The molecule has 0 fully saturated rings. The fraction of sp³-hybridized carbons (Fsp3) is 0.381. The number of carboxylic acids is 1. The fourth-order valence-electron chi connectivity index (χ4n) is 2.83. The van der Waals surface area contributed by atoms with Gasteiger partial charge in [-0.3, -0.25) is 4.31 Å². The van der Waals surface area contributed by atoms with Gasteiger partial charge >= 0.3 is 12.1 Å². The third kappa shape index (κ3) is 5.69. The smallest absolute Gasteiger partial charge is 0.416 e. The molecule has 2 aromatic carbocycles. The van der Waals surface area contributed by atoms with Gasteiger partial charge in [0.15, 0.2) is 0 Å². The maximum atomic E-state index is 13.3. The summed E-state index contributed by atoms with van der Waals surface area (Å²) in [5, 5.41) is 8.16. The van der Waals surface area contributed by atoms with Gasteiger partial charge in [-0.2, -0.15) is 13.2 Å². The summed E-state index contributed by atoms with van der Waals surface area (Å²) in [4.78, 5) is 11.0. The van der Waals surface area contributed by atoms with Crippen LogP contribution in [0, 0.1) is 0 Å². The molecule has 0 bridgehead atoms. The number of carboxylic acid groups (broad SMARTS) is 1. The topological polar surface area (TPSA) is 83.9 Å². The SMILES string of the molecule is CC(C)N(c1ccc(C(F)(F)F)cc1OCc1ccc(C(=O)O)cc1)S(=O)(=O)C(C)C. The molecule has 31 heavy (non-hydrogen) atoms. The zero-order valence-electron chi connectivity index (χ0n) is 17.5. The van der Waals surface area contributed by atoms with Crippen LogP contribution in [-0.2, 0) is 22.8 Å². The predicted octanol–water partition coefficient (Wildman–Crippen LogP) is 4.94. The van der Waals surface area contributed by atoms with Gasteiger partial charge in [0, 0.05) is 6.04 Å². The summed E-state index contributed by atoms with van der Waals surface area (Å²) in [7, 11) is -3.85. The molecular weight excluding hydrogens is 435 g/mol. The van der Waals surface area contributed by atoms with E-state index in [0.29, 0.717) is 5.56 Å². The maximum absolute atomic E-state index is 13.3. The van der Waals surface area contributed by atoms with Crippen LogP contribution in [0.15, 0.2) is 42.5 Å². The van der Waals surface area contributed by atoms with E-state index in [-0.39, 0.29) is 23.6 Å². The molecule has 1 N–H and O–H groups in total. The van der Waals surface area contributed by atoms with Gasteiger partial charge < -0.3 is 9.84 Å². The highest BCUT2D eigenvalue weighted by molar-refractivity contribution is 7.93. The van der Waals surface area contributed by atoms with Crippen LogP contribution in [0.4, 0.5) is 18.9 Å². The van der Waals surface area contributed by atoms with Gasteiger partial charge in [-0.25, -0.2) is 13.2 Å². The minimum Gasteiger partial charge on any atom is -0.487 e. The average Bonchev–Trinajstić information content (AvgIpc) is 2.66. The zero-order valence-corrected chi connectivity index (χ0v) is 18.3. The number of alkyl halides is 3. The van der Waals surface area contributed by atoms with Crippen LogP contribution in [0.5, 0.6) is 5.75 Å². The molecule has 0 saturated carbocycles. The number of nitrogens with zero attached hydrogens (tertiary/aromatic N) is 1. The Morgan fingerprint density at radius 1 is 1.06 bits per heavy atom. The number of benzene rings is 2. The molecular formula is C21H24F3NO5S. The quantitative estimate of drug-likeness (QED) is 0.605. The molecule has 6 nitrogen and oxygen atoms in total. The van der Waals surface area contributed by atoms with Crippen LogP contribution in [0.1, 0.15) is 49.2 Å². The lowest BCUT2D eigenvalue weighted by Crippen LogP contribution is -2.41. The molecule has 0 aliphatic heterocycles. The molecule has 10 heteroatoms. The van der Waals surface area contributed by atoms with Crippen LogP contribution in [0.2, 0.25) is 0 Å². The molecule has 0 saturated heterocycles. The van der Waals surface area contributed by atoms with Gasteiger partial charge in [-0.1, -0.05) is 12.1 Å². The first kappa shape index (κ1) is 24.5. The minimum atomic E-state index is -4.64. The highest BCUT2D eigenvalue weighted by Crippen LogP contribution is 2.39. The Morgan fingerprint density at radius 3 is 2.10 bits per heavy atom. The highest BCUT2D eigenvalue weighted by Gasteiger charge is 2.35. The molecule has 0 aliphatic rings. The van der Waals surface area contributed by atoms with Crippen molar-refractivity contribution in [3.8, 4) is 5.75 Å². The predicted molar refractivity (Wildman–Crippen MR) is 111 cm³/mol. The summed E-state index contributed by atoms with van der Waals surface area (Å²) in [6, 6.07) is 7.74. The first-order valence-corrected chi connectivity index (χ1v) is 10.9. The molecule has 0 unspecified atom stereocenters. The number of ether oxygens (including phenoxy) is 1. The van der Waals surface area contributed by atoms with Crippen molar-refractivity contribution in [2.45, 2.75) is 51.8 Å². The van der Waals surface area contributed by atoms with Crippen molar-refractivity contribution < 1.29 is 36.2 Å². The molecule has 0 aromatic heterocycles. The van der Waals surface area contributed by atoms with Crippen LogP contribution in [0.3, 0.4) is 0 Å². The van der Waals surface area contributed by atoms with E-state index in [4.69, 9.17) is 9.84 Å². The van der Waals surface area contributed by atoms with Gasteiger partial charge in [-0.15, -0.1) is 0 Å². The second-order valence-electron chi connectivity index (χ2n) is 7.45. The largest absolute Gasteiger partial charge is 0.487 e. The van der Waals surface area contributed by atoms with Gasteiger partial charge in [-0.05, 0) is 63.6 Å². The first-order chi connectivity index (χ1) is 14.2. The van der Waals surface area contributed by atoms with Gasteiger partial charge in [0.1, 0.15) is 12.4 Å². The second-order valence-corrected chi connectivity index (χ2v) is 9.82. The Balaban J connectivity index is 2.50. The summed E-state index contributed by atoms with van der Waals surface area (Å²) >= 11 is 0. The lowest BCUT2D eigenvalue weighted by Gasteiger charge is -2.31. The molecule has 2 aromatic rings. The number of halogens is 3. The number of hydrogen-bond donors (Lipinski definition) is 1. The normalized spacial score (nSPS) is 12.3. The van der Waals surface area contributed by atoms with E-state index in [2.05, 4.69) is 0 Å². The minimum absolute atomic E-state index is 0.00106. The molecule has 0 amide bonds. The van der Waals surface area contributed by atoms with Crippen molar-refractivity contribution in [3.63, 3.8) is 0 Å². The van der Waals surface area contributed by atoms with E-state index >= 15 is 0 Å². The van der Waals surface area contributed by atoms with E-state index in [0.717, 1.165) is 22.5 Å². The first-order valence-electron chi connectivity index (χ1n) is 9.44. The van der Waals surface area contributed by atoms with Crippen molar-refractivity contribution in [3.05, 3.63) is 59.2 Å². The Bertz CT molecular complexity index is 1030. The van der Waals surface area contributed by atoms with Crippen molar-refractivity contribution in [1.82, 2.24) is 0 Å². The number of rotatable bonds is 8.